The molecule has 3 heterocycles. The van der Waals surface area contributed by atoms with E-state index in [4.69, 9.17) is 20.3 Å². The quantitative estimate of drug-likeness (QED) is 0.162. The number of hydrogen-bond acceptors (Lipinski definition) is 10. The van der Waals surface area contributed by atoms with Crippen molar-refractivity contribution in [3.63, 3.8) is 0 Å². The highest BCUT2D eigenvalue weighted by Gasteiger charge is 2.45. The summed E-state index contributed by atoms with van der Waals surface area (Å²) in [5.41, 5.74) is 6.60. The van der Waals surface area contributed by atoms with Gasteiger partial charge >= 0.3 is 7.82 Å². The molecule has 14 heteroatoms. The van der Waals surface area contributed by atoms with Gasteiger partial charge in [0, 0.05) is 5.75 Å². The first-order chi connectivity index (χ1) is 13.2. The third-order valence-electron chi connectivity index (χ3n) is 4.18. The highest BCUT2D eigenvalue weighted by Crippen LogP contribution is 2.39. The van der Waals surface area contributed by atoms with Gasteiger partial charge in [0.1, 0.15) is 23.8 Å². The normalized spacial score (nSPS) is 25.6. The van der Waals surface area contributed by atoms with E-state index in [0.29, 0.717) is 16.3 Å². The number of aromatic nitrogens is 4. The number of anilines is 1. The summed E-state index contributed by atoms with van der Waals surface area (Å²) in [6.45, 7) is 1.48. The van der Waals surface area contributed by atoms with Crippen molar-refractivity contribution in [2.45, 2.75) is 49.5 Å². The van der Waals surface area contributed by atoms with Gasteiger partial charge in [-0.3, -0.25) is 9.09 Å². The van der Waals surface area contributed by atoms with Crippen molar-refractivity contribution in [2.24, 2.45) is 0 Å². The second kappa shape index (κ2) is 8.59. The van der Waals surface area contributed by atoms with Crippen molar-refractivity contribution in [1.82, 2.24) is 19.5 Å². The average molecular weight is 435 g/mol. The van der Waals surface area contributed by atoms with Crippen molar-refractivity contribution < 1.29 is 33.8 Å². The van der Waals surface area contributed by atoms with Crippen LogP contribution in [-0.4, -0.2) is 70.2 Å². The number of fused-ring (bicyclic) bond motifs is 1. The van der Waals surface area contributed by atoms with Gasteiger partial charge in [-0.2, -0.15) is 0 Å². The van der Waals surface area contributed by atoms with E-state index in [0.717, 1.165) is 18.6 Å². The molecule has 156 valence electrons. The number of unbranched alkanes of at least 4 members (excludes halogenated alkanes) is 1. The monoisotopic (exact) mass is 435 g/mol. The lowest BCUT2D eigenvalue weighted by atomic mass is 10.1. The number of hydrogen-bond donors (Lipinski definition) is 5. The highest BCUT2D eigenvalue weighted by molar-refractivity contribution is 7.99. The predicted molar refractivity (Wildman–Crippen MR) is 99.3 cm³/mol. The number of nitrogen functional groups attached to an aromatic ring is 1. The molecule has 1 aliphatic heterocycles. The molecule has 2 aromatic heterocycles. The molecule has 1 saturated heterocycles. The molecule has 12 nitrogen and oxygen atoms in total. The number of aliphatic hydroxyl groups excluding tert-OH is 2. The molecule has 0 bridgehead atoms. The van der Waals surface area contributed by atoms with Crippen LogP contribution in [0.2, 0.25) is 0 Å². The first-order valence-corrected chi connectivity index (χ1v) is 11.1. The Morgan fingerprint density at radius 1 is 1.36 bits per heavy atom. The van der Waals surface area contributed by atoms with Crippen LogP contribution >= 0.6 is 19.6 Å². The van der Waals surface area contributed by atoms with E-state index < -0.39 is 39.0 Å². The Morgan fingerprint density at radius 3 is 2.79 bits per heavy atom. The van der Waals surface area contributed by atoms with Crippen LogP contribution in [0.4, 0.5) is 5.82 Å². The molecule has 0 amide bonds. The Bertz CT molecular complexity index is 877. The molecule has 0 radical (unpaired) electrons. The summed E-state index contributed by atoms with van der Waals surface area (Å²) in [6.07, 6.45) is -1.69. The zero-order valence-corrected chi connectivity index (χ0v) is 16.7. The third kappa shape index (κ3) is 4.63. The summed E-state index contributed by atoms with van der Waals surface area (Å²) < 4.78 is 22.2. The van der Waals surface area contributed by atoms with Crippen LogP contribution in [0.3, 0.4) is 0 Å². The summed E-state index contributed by atoms with van der Waals surface area (Å²) in [6, 6.07) is 0. The van der Waals surface area contributed by atoms with E-state index in [1.165, 1.54) is 22.7 Å². The minimum Gasteiger partial charge on any atom is -0.387 e. The van der Waals surface area contributed by atoms with Crippen LogP contribution in [0, 0.1) is 0 Å². The van der Waals surface area contributed by atoms with Crippen molar-refractivity contribution in [1.29, 1.82) is 0 Å². The number of thioether (sulfide) groups is 1. The zero-order valence-electron chi connectivity index (χ0n) is 15.0. The molecule has 0 spiro atoms. The lowest BCUT2D eigenvalue weighted by Crippen LogP contribution is -2.33. The van der Waals surface area contributed by atoms with E-state index in [-0.39, 0.29) is 5.82 Å². The minimum absolute atomic E-state index is 0.178. The van der Waals surface area contributed by atoms with Gasteiger partial charge in [0.25, 0.3) is 0 Å². The van der Waals surface area contributed by atoms with E-state index >= 15 is 0 Å². The molecular formula is C14H22N5O7PS. The number of ether oxygens (including phenoxy) is 1. The Morgan fingerprint density at radius 2 is 2.11 bits per heavy atom. The van der Waals surface area contributed by atoms with E-state index in [9.17, 15) is 14.8 Å². The van der Waals surface area contributed by atoms with Crippen LogP contribution in [0.1, 0.15) is 26.0 Å². The maximum absolute atomic E-state index is 10.9. The fraction of sp³-hybridized carbons (Fsp3) is 0.643. The third-order valence-corrected chi connectivity index (χ3v) is 5.59. The number of rotatable bonds is 8. The number of phosphoric acid groups is 1. The molecule has 6 N–H and O–H groups in total. The molecule has 1 aliphatic rings. The van der Waals surface area contributed by atoms with Crippen molar-refractivity contribution in [2.75, 3.05) is 18.1 Å². The summed E-state index contributed by atoms with van der Waals surface area (Å²) in [4.78, 5) is 30.4. The Hall–Kier alpha value is -1.31. The molecular weight excluding hydrogens is 413 g/mol. The largest absolute Gasteiger partial charge is 0.469 e. The second-order valence-electron chi connectivity index (χ2n) is 6.25. The first-order valence-electron chi connectivity index (χ1n) is 8.55. The second-order valence-corrected chi connectivity index (χ2v) is 8.55. The summed E-state index contributed by atoms with van der Waals surface area (Å²) in [7, 11) is -4.74. The molecule has 0 unspecified atom stereocenters. The molecule has 0 saturated carbocycles. The maximum atomic E-state index is 10.9. The predicted octanol–water partition coefficient (Wildman–Crippen LogP) is 0.0292. The van der Waals surface area contributed by atoms with E-state index in [2.05, 4.69) is 26.4 Å². The van der Waals surface area contributed by atoms with Gasteiger partial charge in [-0.25, -0.2) is 19.5 Å². The topological polar surface area (TPSA) is 186 Å². The smallest absolute Gasteiger partial charge is 0.387 e. The summed E-state index contributed by atoms with van der Waals surface area (Å²) in [5.74, 6) is 0.996. The van der Waals surface area contributed by atoms with Gasteiger partial charge in [-0.15, -0.1) is 0 Å². The fourth-order valence-corrected chi connectivity index (χ4v) is 4.01. The Labute approximate surface area is 164 Å². The van der Waals surface area contributed by atoms with Gasteiger partial charge < -0.3 is 30.5 Å². The van der Waals surface area contributed by atoms with Gasteiger partial charge in [0.15, 0.2) is 22.8 Å². The summed E-state index contributed by atoms with van der Waals surface area (Å²) >= 11 is 1.44. The molecule has 4 atom stereocenters. The number of aliphatic hydroxyl groups is 2. The van der Waals surface area contributed by atoms with E-state index in [1.807, 2.05) is 0 Å². The van der Waals surface area contributed by atoms with Gasteiger partial charge in [0.05, 0.1) is 12.9 Å². The average Bonchev–Trinajstić information content (AvgIpc) is 3.15. The van der Waals surface area contributed by atoms with Crippen LogP contribution < -0.4 is 5.73 Å². The van der Waals surface area contributed by atoms with Crippen LogP contribution in [0.15, 0.2) is 11.5 Å². The summed E-state index contributed by atoms with van der Waals surface area (Å²) in [5, 5.41) is 20.9. The standard InChI is InChI=1S/C14H22N5O7PS/c1-2-3-4-28-14-17-11(15)8-12(18-14)19(6-16-8)13-10(21)9(20)7(26-13)5-25-27(22,23)24/h6-7,9-10,13,20-21H,2-5H2,1H3,(H2,15,17,18)(H2,22,23,24)/t7-,9-,10-,13-/m1/s1. The number of phosphoric ester groups is 1. The van der Waals surface area contributed by atoms with Crippen LogP contribution in [0.25, 0.3) is 11.2 Å². The lowest BCUT2D eigenvalue weighted by Gasteiger charge is -2.16. The lowest BCUT2D eigenvalue weighted by molar-refractivity contribution is -0.0504. The Balaban J connectivity index is 1.85. The van der Waals surface area contributed by atoms with Gasteiger partial charge in [0.2, 0.25) is 0 Å². The fourth-order valence-electron chi connectivity index (χ4n) is 2.74. The molecule has 0 aromatic carbocycles. The molecule has 28 heavy (non-hydrogen) atoms. The SMILES string of the molecule is CCCCSc1nc(N)c2ncn([C@@H]3O[C@H](COP(=O)(O)O)[C@@H](O)[C@H]3O)c2n1. The van der Waals surface area contributed by atoms with E-state index in [1.54, 1.807) is 0 Å². The Kier molecular flexibility index (Phi) is 6.57. The van der Waals surface area contributed by atoms with Crippen molar-refractivity contribution in [3.05, 3.63) is 6.33 Å². The first kappa shape index (κ1) is 21.4. The van der Waals surface area contributed by atoms with Gasteiger partial charge in [-0.05, 0) is 6.42 Å². The van der Waals surface area contributed by atoms with Crippen molar-refractivity contribution >= 4 is 36.6 Å². The molecule has 0 aliphatic carbocycles. The number of imidazole rings is 1. The number of nitrogens with zero attached hydrogens (tertiary/aromatic N) is 4. The molecule has 2 aromatic rings. The molecule has 1 fully saturated rings. The zero-order chi connectivity index (χ0) is 20.5. The van der Waals surface area contributed by atoms with Gasteiger partial charge in [-0.1, -0.05) is 25.1 Å². The van der Waals surface area contributed by atoms with Crippen molar-refractivity contribution in [3.8, 4) is 0 Å². The highest BCUT2D eigenvalue weighted by atomic mass is 32.2. The molecule has 3 rings (SSSR count). The minimum atomic E-state index is -4.74. The number of nitrogens with two attached hydrogens (primary N) is 1. The maximum Gasteiger partial charge on any atom is 0.469 e. The van der Waals surface area contributed by atoms with Crippen LogP contribution in [-0.2, 0) is 13.8 Å². The van der Waals surface area contributed by atoms with Crippen LogP contribution in [0.5, 0.6) is 0 Å².